The van der Waals surface area contributed by atoms with Crippen LogP contribution in [0, 0.1) is 6.92 Å². The lowest BCUT2D eigenvalue weighted by Crippen LogP contribution is -2.30. The summed E-state index contributed by atoms with van der Waals surface area (Å²) in [6.07, 6.45) is 0.650. The van der Waals surface area contributed by atoms with Crippen LogP contribution in [0.25, 0.3) is 0 Å². The van der Waals surface area contributed by atoms with Crippen molar-refractivity contribution in [1.82, 2.24) is 4.72 Å². The quantitative estimate of drug-likeness (QED) is 0.700. The molecule has 0 spiro atoms. The fraction of sp³-hybridized carbons (Fsp3) is 0.400. The van der Waals surface area contributed by atoms with Crippen LogP contribution in [0.15, 0.2) is 23.1 Å². The summed E-state index contributed by atoms with van der Waals surface area (Å²) in [5, 5.41) is 5.05. The lowest BCUT2D eigenvalue weighted by atomic mass is 10.2. The predicted molar refractivity (Wildman–Crippen MR) is 73.4 cm³/mol. The lowest BCUT2D eigenvalue weighted by Gasteiger charge is -2.10. The van der Waals surface area contributed by atoms with Gasteiger partial charge in [-0.2, -0.15) is 13.1 Å². The van der Waals surface area contributed by atoms with Crippen LogP contribution in [0.5, 0.6) is 0 Å². The molecule has 0 saturated heterocycles. The number of nitrogens with two attached hydrogens (primary N) is 1. The molecule has 108 valence electrons. The van der Waals surface area contributed by atoms with Crippen molar-refractivity contribution in [2.45, 2.75) is 25.2 Å². The number of aryl methyl sites for hydroxylation is 1. The van der Waals surface area contributed by atoms with Crippen LogP contribution in [0.4, 0.5) is 5.69 Å². The molecule has 0 fully saturated rings. The van der Waals surface area contributed by atoms with E-state index in [0.29, 0.717) is 18.5 Å². The highest BCUT2D eigenvalue weighted by molar-refractivity contribution is 7.90. The van der Waals surface area contributed by atoms with E-state index in [4.69, 9.17) is 5.14 Å². The van der Waals surface area contributed by atoms with Crippen molar-refractivity contribution >= 4 is 25.9 Å². The van der Waals surface area contributed by atoms with Crippen LogP contribution < -0.4 is 14.6 Å². The van der Waals surface area contributed by atoms with Crippen molar-refractivity contribution in [2.75, 3.05) is 11.3 Å². The molecule has 0 bridgehead atoms. The molecule has 1 rings (SSSR count). The standard InChI is InChI=1S/C10H17N3O4S2/c1-3-6-12-19(16,17)13-9-5-4-8(2)10(7-9)18(11,14)15/h4-5,7,12-13H,3,6H2,1-2H3,(H2,11,14,15). The zero-order valence-electron chi connectivity index (χ0n) is 10.7. The van der Waals surface area contributed by atoms with E-state index < -0.39 is 20.2 Å². The molecular formula is C10H17N3O4S2. The van der Waals surface area contributed by atoms with Crippen molar-refractivity contribution in [3.8, 4) is 0 Å². The molecule has 1 aromatic carbocycles. The summed E-state index contributed by atoms with van der Waals surface area (Å²) in [6.45, 7) is 3.70. The third-order valence-electron chi connectivity index (χ3n) is 2.29. The van der Waals surface area contributed by atoms with Gasteiger partial charge in [-0.3, -0.25) is 4.72 Å². The highest BCUT2D eigenvalue weighted by Crippen LogP contribution is 2.19. The fourth-order valence-electron chi connectivity index (χ4n) is 1.40. The van der Waals surface area contributed by atoms with Gasteiger partial charge >= 0.3 is 0 Å². The summed E-state index contributed by atoms with van der Waals surface area (Å²) in [7, 11) is -7.59. The zero-order chi connectivity index (χ0) is 14.7. The number of nitrogens with one attached hydrogen (secondary N) is 2. The van der Waals surface area contributed by atoms with E-state index >= 15 is 0 Å². The third kappa shape index (κ3) is 4.78. The van der Waals surface area contributed by atoms with Crippen molar-refractivity contribution < 1.29 is 16.8 Å². The Balaban J connectivity index is 3.05. The first-order valence-corrected chi connectivity index (χ1v) is 8.59. The van der Waals surface area contributed by atoms with Gasteiger partial charge in [0.25, 0.3) is 10.2 Å². The van der Waals surface area contributed by atoms with Gasteiger partial charge in [0.15, 0.2) is 0 Å². The Morgan fingerprint density at radius 3 is 2.37 bits per heavy atom. The van der Waals surface area contributed by atoms with Gasteiger partial charge in [-0.15, -0.1) is 0 Å². The Bertz CT molecular complexity index is 653. The number of benzene rings is 1. The van der Waals surface area contributed by atoms with Gasteiger partial charge in [0.05, 0.1) is 10.6 Å². The van der Waals surface area contributed by atoms with E-state index in [-0.39, 0.29) is 10.6 Å². The molecule has 0 atom stereocenters. The Labute approximate surface area is 113 Å². The van der Waals surface area contributed by atoms with Gasteiger partial charge in [0, 0.05) is 6.54 Å². The summed E-state index contributed by atoms with van der Waals surface area (Å²) in [6, 6.07) is 4.14. The van der Waals surface area contributed by atoms with Crippen molar-refractivity contribution in [1.29, 1.82) is 0 Å². The maximum absolute atomic E-state index is 11.6. The van der Waals surface area contributed by atoms with Crippen molar-refractivity contribution in [3.63, 3.8) is 0 Å². The first kappa shape index (κ1) is 15.9. The molecule has 0 amide bonds. The Hall–Kier alpha value is -1.16. The smallest absolute Gasteiger partial charge is 0.271 e. The van der Waals surface area contributed by atoms with E-state index in [2.05, 4.69) is 9.44 Å². The van der Waals surface area contributed by atoms with Crippen molar-refractivity contribution in [3.05, 3.63) is 23.8 Å². The minimum atomic E-state index is -3.88. The lowest BCUT2D eigenvalue weighted by molar-refractivity contribution is 0.585. The van der Waals surface area contributed by atoms with Crippen LogP contribution in [-0.2, 0) is 20.2 Å². The summed E-state index contributed by atoms with van der Waals surface area (Å²) < 4.78 is 50.4. The molecule has 0 radical (unpaired) electrons. The predicted octanol–water partition coefficient (Wildman–Crippen LogP) is 0.299. The second kappa shape index (κ2) is 5.87. The number of primary sulfonamides is 1. The Morgan fingerprint density at radius 2 is 1.84 bits per heavy atom. The van der Waals surface area contributed by atoms with E-state index in [9.17, 15) is 16.8 Å². The minimum absolute atomic E-state index is 0.108. The average Bonchev–Trinajstić information content (AvgIpc) is 2.27. The normalized spacial score (nSPS) is 12.4. The number of rotatable bonds is 6. The first-order chi connectivity index (χ1) is 8.65. The maximum atomic E-state index is 11.6. The molecule has 7 nitrogen and oxygen atoms in total. The molecule has 0 aromatic heterocycles. The van der Waals surface area contributed by atoms with Gasteiger partial charge in [-0.05, 0) is 31.0 Å². The summed E-state index contributed by atoms with van der Waals surface area (Å²) in [5.74, 6) is 0. The molecule has 1 aromatic rings. The van der Waals surface area contributed by atoms with E-state index in [1.807, 2.05) is 6.92 Å². The highest BCUT2D eigenvalue weighted by Gasteiger charge is 2.14. The van der Waals surface area contributed by atoms with Crippen LogP contribution >= 0.6 is 0 Å². The SMILES string of the molecule is CCCNS(=O)(=O)Nc1ccc(C)c(S(N)(=O)=O)c1. The topological polar surface area (TPSA) is 118 Å². The number of sulfonamides is 1. The number of anilines is 1. The molecule has 9 heteroatoms. The molecular weight excluding hydrogens is 290 g/mol. The van der Waals surface area contributed by atoms with Crippen molar-refractivity contribution in [2.24, 2.45) is 5.14 Å². The molecule has 0 aliphatic heterocycles. The van der Waals surface area contributed by atoms with Crippen LogP contribution in [0.3, 0.4) is 0 Å². The molecule has 4 N–H and O–H groups in total. The fourth-order valence-corrected chi connectivity index (χ4v) is 3.19. The molecule has 0 unspecified atom stereocenters. The van der Waals surface area contributed by atoms with Crippen LogP contribution in [0.1, 0.15) is 18.9 Å². The molecule has 0 aliphatic rings. The first-order valence-electron chi connectivity index (χ1n) is 5.56. The largest absolute Gasteiger partial charge is 0.299 e. The minimum Gasteiger partial charge on any atom is -0.271 e. The Kier molecular flexibility index (Phi) is 4.91. The molecule has 0 aliphatic carbocycles. The second-order valence-electron chi connectivity index (χ2n) is 4.03. The van der Waals surface area contributed by atoms with Gasteiger partial charge in [-0.25, -0.2) is 13.6 Å². The van der Waals surface area contributed by atoms with Gasteiger partial charge in [0.2, 0.25) is 10.0 Å². The van der Waals surface area contributed by atoms with E-state index in [1.165, 1.54) is 18.2 Å². The van der Waals surface area contributed by atoms with Crippen LogP contribution in [-0.4, -0.2) is 23.4 Å². The average molecular weight is 307 g/mol. The van der Waals surface area contributed by atoms with E-state index in [1.54, 1.807) is 6.92 Å². The Morgan fingerprint density at radius 1 is 1.21 bits per heavy atom. The zero-order valence-corrected chi connectivity index (χ0v) is 12.3. The summed E-state index contributed by atoms with van der Waals surface area (Å²) >= 11 is 0. The van der Waals surface area contributed by atoms with Crippen LogP contribution in [0.2, 0.25) is 0 Å². The highest BCUT2D eigenvalue weighted by atomic mass is 32.2. The van der Waals surface area contributed by atoms with Gasteiger partial charge < -0.3 is 0 Å². The maximum Gasteiger partial charge on any atom is 0.299 e. The number of hydrogen-bond donors (Lipinski definition) is 3. The van der Waals surface area contributed by atoms with E-state index in [0.717, 1.165) is 0 Å². The monoisotopic (exact) mass is 307 g/mol. The van der Waals surface area contributed by atoms with Gasteiger partial charge in [-0.1, -0.05) is 13.0 Å². The molecule has 19 heavy (non-hydrogen) atoms. The molecule has 0 saturated carbocycles. The number of hydrogen-bond acceptors (Lipinski definition) is 4. The summed E-state index contributed by atoms with van der Waals surface area (Å²) in [5.41, 5.74) is 0.588. The third-order valence-corrected chi connectivity index (χ3v) is 4.43. The van der Waals surface area contributed by atoms with Gasteiger partial charge in [0.1, 0.15) is 0 Å². The summed E-state index contributed by atoms with van der Waals surface area (Å²) in [4.78, 5) is -0.108. The second-order valence-corrected chi connectivity index (χ2v) is 7.05. The molecule has 0 heterocycles.